The summed E-state index contributed by atoms with van der Waals surface area (Å²) in [6.45, 7) is 7.06. The summed E-state index contributed by atoms with van der Waals surface area (Å²) >= 11 is 0. The summed E-state index contributed by atoms with van der Waals surface area (Å²) in [5, 5.41) is 18.8. The van der Waals surface area contributed by atoms with Crippen LogP contribution in [0.4, 0.5) is 0 Å². The summed E-state index contributed by atoms with van der Waals surface area (Å²) in [4.78, 5) is 16.7. The lowest BCUT2D eigenvalue weighted by Crippen LogP contribution is -2.53. The van der Waals surface area contributed by atoms with E-state index in [4.69, 9.17) is 0 Å². The van der Waals surface area contributed by atoms with Crippen molar-refractivity contribution in [3.63, 3.8) is 0 Å². The summed E-state index contributed by atoms with van der Waals surface area (Å²) in [7, 11) is 1.89. The zero-order valence-corrected chi connectivity index (χ0v) is 14.0. The molecular formula is C16H32N2O3. The van der Waals surface area contributed by atoms with Crippen molar-refractivity contribution in [2.45, 2.75) is 58.5 Å². The SMILES string of the molecule is CCC1CCCCN1C(=O)C(C)N(C)CC(C)(CO)CO. The second kappa shape index (κ2) is 8.11. The molecule has 0 aliphatic carbocycles. The zero-order chi connectivity index (χ0) is 16.0. The maximum atomic E-state index is 12.7. The summed E-state index contributed by atoms with van der Waals surface area (Å²) in [6, 6.07) is 0.138. The minimum Gasteiger partial charge on any atom is -0.396 e. The first-order valence-electron chi connectivity index (χ1n) is 8.11. The van der Waals surface area contributed by atoms with Crippen LogP contribution in [-0.2, 0) is 4.79 Å². The van der Waals surface area contributed by atoms with Gasteiger partial charge < -0.3 is 15.1 Å². The van der Waals surface area contributed by atoms with Crippen LogP contribution in [0.3, 0.4) is 0 Å². The van der Waals surface area contributed by atoms with E-state index >= 15 is 0 Å². The van der Waals surface area contributed by atoms with Crippen molar-refractivity contribution < 1.29 is 15.0 Å². The molecule has 1 saturated heterocycles. The molecule has 0 radical (unpaired) electrons. The first-order chi connectivity index (χ1) is 9.88. The Hall–Kier alpha value is -0.650. The first-order valence-corrected chi connectivity index (χ1v) is 8.11. The number of carbonyl (C=O) groups excluding carboxylic acids is 1. The standard InChI is InChI=1S/C16H32N2O3/c1-5-14-8-6-7-9-18(14)15(21)13(2)17(4)10-16(3,11-19)12-20/h13-14,19-20H,5-12H2,1-4H3. The van der Waals surface area contributed by atoms with Crippen LogP contribution < -0.4 is 0 Å². The van der Waals surface area contributed by atoms with E-state index in [0.717, 1.165) is 25.8 Å². The van der Waals surface area contributed by atoms with E-state index in [-0.39, 0.29) is 25.2 Å². The second-order valence-electron chi connectivity index (χ2n) is 6.81. The molecule has 1 amide bonds. The Morgan fingerprint density at radius 2 is 2.00 bits per heavy atom. The number of nitrogens with zero attached hydrogens (tertiary/aromatic N) is 2. The quantitative estimate of drug-likeness (QED) is 0.739. The second-order valence-corrected chi connectivity index (χ2v) is 6.81. The van der Waals surface area contributed by atoms with Crippen LogP contribution in [0.2, 0.25) is 0 Å². The molecule has 0 spiro atoms. The number of carbonyl (C=O) groups is 1. The molecule has 1 aliphatic rings. The van der Waals surface area contributed by atoms with Gasteiger partial charge in [-0.1, -0.05) is 13.8 Å². The Labute approximate surface area is 128 Å². The van der Waals surface area contributed by atoms with Crippen molar-refractivity contribution in [2.24, 2.45) is 5.41 Å². The Balaban J connectivity index is 2.67. The molecule has 0 saturated carbocycles. The molecule has 5 heteroatoms. The number of likely N-dealkylation sites (tertiary alicyclic amines) is 1. The lowest BCUT2D eigenvalue weighted by Gasteiger charge is -2.40. The van der Waals surface area contributed by atoms with E-state index in [1.807, 2.05) is 30.7 Å². The smallest absolute Gasteiger partial charge is 0.239 e. The Morgan fingerprint density at radius 1 is 1.38 bits per heavy atom. The third kappa shape index (κ3) is 4.66. The number of rotatable bonds is 7. The van der Waals surface area contributed by atoms with Crippen LogP contribution in [0.25, 0.3) is 0 Å². The molecule has 0 aromatic heterocycles. The number of hydrogen-bond acceptors (Lipinski definition) is 4. The Kier molecular flexibility index (Phi) is 7.10. The monoisotopic (exact) mass is 300 g/mol. The molecule has 0 aromatic carbocycles. The lowest BCUT2D eigenvalue weighted by atomic mass is 9.91. The molecule has 2 N–H and O–H groups in total. The van der Waals surface area contributed by atoms with Crippen molar-refractivity contribution in [1.82, 2.24) is 9.80 Å². The van der Waals surface area contributed by atoms with Gasteiger partial charge in [0.25, 0.3) is 0 Å². The lowest BCUT2D eigenvalue weighted by molar-refractivity contribution is -0.140. The Bertz CT molecular complexity index is 331. The molecule has 1 heterocycles. The number of piperidine rings is 1. The molecule has 21 heavy (non-hydrogen) atoms. The van der Waals surface area contributed by atoms with Crippen LogP contribution in [0, 0.1) is 5.41 Å². The van der Waals surface area contributed by atoms with E-state index < -0.39 is 5.41 Å². The van der Waals surface area contributed by atoms with Gasteiger partial charge in [-0.3, -0.25) is 9.69 Å². The van der Waals surface area contributed by atoms with E-state index in [0.29, 0.717) is 12.6 Å². The van der Waals surface area contributed by atoms with Crippen molar-refractivity contribution in [3.8, 4) is 0 Å². The average molecular weight is 300 g/mol. The molecule has 1 fully saturated rings. The Morgan fingerprint density at radius 3 is 2.52 bits per heavy atom. The highest BCUT2D eigenvalue weighted by molar-refractivity contribution is 5.81. The highest BCUT2D eigenvalue weighted by Gasteiger charge is 2.33. The third-order valence-corrected chi connectivity index (χ3v) is 4.79. The van der Waals surface area contributed by atoms with Gasteiger partial charge in [-0.2, -0.15) is 0 Å². The highest BCUT2D eigenvalue weighted by Crippen LogP contribution is 2.22. The predicted octanol–water partition coefficient (Wildman–Crippen LogP) is 1.09. The molecule has 1 aliphatic heterocycles. The molecule has 2 unspecified atom stereocenters. The number of hydrogen-bond donors (Lipinski definition) is 2. The fraction of sp³-hybridized carbons (Fsp3) is 0.938. The van der Waals surface area contributed by atoms with Gasteiger partial charge in [-0.05, 0) is 39.7 Å². The number of aliphatic hydroxyl groups is 2. The van der Waals surface area contributed by atoms with Crippen LogP contribution in [0.15, 0.2) is 0 Å². The molecule has 0 bridgehead atoms. The van der Waals surface area contributed by atoms with Gasteiger partial charge in [-0.15, -0.1) is 0 Å². The van der Waals surface area contributed by atoms with E-state index in [1.54, 1.807) is 0 Å². The summed E-state index contributed by atoms with van der Waals surface area (Å²) in [5.74, 6) is 0.169. The maximum Gasteiger partial charge on any atom is 0.239 e. The molecular weight excluding hydrogens is 268 g/mol. The van der Waals surface area contributed by atoms with Gasteiger partial charge in [0.1, 0.15) is 0 Å². The van der Waals surface area contributed by atoms with Gasteiger partial charge in [0.2, 0.25) is 5.91 Å². The molecule has 1 rings (SSSR count). The fourth-order valence-electron chi connectivity index (χ4n) is 3.03. The molecule has 0 aromatic rings. The summed E-state index contributed by atoms with van der Waals surface area (Å²) in [6.07, 6.45) is 4.40. The fourth-order valence-corrected chi connectivity index (χ4v) is 3.03. The largest absolute Gasteiger partial charge is 0.396 e. The van der Waals surface area contributed by atoms with Gasteiger partial charge >= 0.3 is 0 Å². The van der Waals surface area contributed by atoms with Crippen molar-refractivity contribution >= 4 is 5.91 Å². The van der Waals surface area contributed by atoms with Crippen LogP contribution >= 0.6 is 0 Å². The molecule has 124 valence electrons. The van der Waals surface area contributed by atoms with Crippen molar-refractivity contribution in [3.05, 3.63) is 0 Å². The summed E-state index contributed by atoms with van der Waals surface area (Å²) in [5.41, 5.74) is -0.574. The zero-order valence-electron chi connectivity index (χ0n) is 14.0. The first kappa shape index (κ1) is 18.4. The normalized spacial score (nSPS) is 21.7. The molecule has 5 nitrogen and oxygen atoms in total. The van der Waals surface area contributed by atoms with Gasteiger partial charge in [0, 0.05) is 24.5 Å². The highest BCUT2D eigenvalue weighted by atomic mass is 16.3. The number of likely N-dealkylation sites (N-methyl/N-ethyl adjacent to an activating group) is 1. The minimum absolute atomic E-state index is 0.0873. The summed E-state index contributed by atoms with van der Waals surface area (Å²) < 4.78 is 0. The van der Waals surface area contributed by atoms with E-state index in [9.17, 15) is 15.0 Å². The van der Waals surface area contributed by atoms with Crippen LogP contribution in [0.1, 0.15) is 46.5 Å². The van der Waals surface area contributed by atoms with Gasteiger partial charge in [0.15, 0.2) is 0 Å². The average Bonchev–Trinajstić information content (AvgIpc) is 2.53. The van der Waals surface area contributed by atoms with Crippen LogP contribution in [-0.4, -0.2) is 71.4 Å². The predicted molar refractivity (Wildman–Crippen MR) is 84.0 cm³/mol. The van der Waals surface area contributed by atoms with E-state index in [2.05, 4.69) is 6.92 Å². The maximum absolute atomic E-state index is 12.7. The minimum atomic E-state index is -0.574. The molecule has 2 atom stereocenters. The topological polar surface area (TPSA) is 64.0 Å². The van der Waals surface area contributed by atoms with E-state index in [1.165, 1.54) is 6.42 Å². The van der Waals surface area contributed by atoms with Crippen molar-refractivity contribution in [1.29, 1.82) is 0 Å². The third-order valence-electron chi connectivity index (χ3n) is 4.79. The van der Waals surface area contributed by atoms with Crippen LogP contribution in [0.5, 0.6) is 0 Å². The number of aliphatic hydroxyl groups excluding tert-OH is 2. The van der Waals surface area contributed by atoms with Gasteiger partial charge in [-0.25, -0.2) is 0 Å². The number of amides is 1. The van der Waals surface area contributed by atoms with Gasteiger partial charge in [0.05, 0.1) is 19.3 Å². The van der Waals surface area contributed by atoms with Crippen molar-refractivity contribution in [2.75, 3.05) is 33.4 Å².